The number of nitrogens with zero attached hydrogens (tertiary/aromatic N) is 2. The molecule has 102 valence electrons. The van der Waals surface area contributed by atoms with Crippen molar-refractivity contribution in [2.45, 2.75) is 19.8 Å². The predicted octanol–water partition coefficient (Wildman–Crippen LogP) is 3.25. The second-order valence-electron chi connectivity index (χ2n) is 4.63. The summed E-state index contributed by atoms with van der Waals surface area (Å²) in [6.07, 6.45) is 2.79. The third-order valence-corrected chi connectivity index (χ3v) is 4.09. The van der Waals surface area contributed by atoms with Gasteiger partial charge in [-0.1, -0.05) is 31.2 Å². The van der Waals surface area contributed by atoms with E-state index >= 15 is 0 Å². The van der Waals surface area contributed by atoms with E-state index in [1.807, 2.05) is 16.0 Å². The summed E-state index contributed by atoms with van der Waals surface area (Å²) in [5.41, 5.74) is 4.07. The van der Waals surface area contributed by atoms with E-state index in [4.69, 9.17) is 5.11 Å². The number of carbonyl (C=O) groups is 1. The van der Waals surface area contributed by atoms with E-state index < -0.39 is 5.97 Å². The van der Waals surface area contributed by atoms with E-state index in [2.05, 4.69) is 36.2 Å². The Morgan fingerprint density at radius 3 is 2.75 bits per heavy atom. The van der Waals surface area contributed by atoms with E-state index in [1.54, 1.807) is 0 Å². The topological polar surface area (TPSA) is 54.6 Å². The van der Waals surface area contributed by atoms with Crippen LogP contribution < -0.4 is 0 Å². The molecule has 2 aromatic heterocycles. The zero-order valence-electron chi connectivity index (χ0n) is 11.0. The number of hydrogen-bond donors (Lipinski definition) is 1. The Balaban J connectivity index is 2.01. The van der Waals surface area contributed by atoms with Gasteiger partial charge in [-0.3, -0.25) is 9.20 Å². The lowest BCUT2D eigenvalue weighted by molar-refractivity contribution is -0.136. The molecule has 3 rings (SSSR count). The van der Waals surface area contributed by atoms with Crippen LogP contribution in [0.3, 0.4) is 0 Å². The van der Waals surface area contributed by atoms with Crippen LogP contribution in [0.5, 0.6) is 0 Å². The van der Waals surface area contributed by atoms with Crippen LogP contribution in [-0.4, -0.2) is 20.5 Å². The fourth-order valence-electron chi connectivity index (χ4n) is 2.19. The number of benzene rings is 1. The Labute approximate surface area is 120 Å². The van der Waals surface area contributed by atoms with Gasteiger partial charge in [0.25, 0.3) is 0 Å². The molecule has 4 nitrogen and oxygen atoms in total. The first-order chi connectivity index (χ1) is 9.67. The SMILES string of the molecule is CCc1ccc(-c2csc3nc(CC(=O)O)cn23)cc1. The lowest BCUT2D eigenvalue weighted by atomic mass is 10.1. The third kappa shape index (κ3) is 2.32. The molecule has 0 fully saturated rings. The fourth-order valence-corrected chi connectivity index (χ4v) is 3.09. The highest BCUT2D eigenvalue weighted by molar-refractivity contribution is 7.15. The summed E-state index contributed by atoms with van der Waals surface area (Å²) in [6.45, 7) is 2.13. The summed E-state index contributed by atoms with van der Waals surface area (Å²) >= 11 is 1.53. The first kappa shape index (κ1) is 12.9. The van der Waals surface area contributed by atoms with E-state index in [1.165, 1.54) is 16.9 Å². The molecule has 2 heterocycles. The zero-order valence-corrected chi connectivity index (χ0v) is 11.9. The Hall–Kier alpha value is -2.14. The van der Waals surface area contributed by atoms with Gasteiger partial charge < -0.3 is 5.11 Å². The van der Waals surface area contributed by atoms with Crippen molar-refractivity contribution in [2.24, 2.45) is 0 Å². The van der Waals surface area contributed by atoms with E-state index in [9.17, 15) is 4.79 Å². The summed E-state index contributed by atoms with van der Waals surface area (Å²) in [7, 11) is 0. The molecule has 0 saturated carbocycles. The van der Waals surface area contributed by atoms with Crippen molar-refractivity contribution in [3.8, 4) is 11.3 Å². The van der Waals surface area contributed by atoms with Gasteiger partial charge in [0, 0.05) is 11.6 Å². The lowest BCUT2D eigenvalue weighted by Crippen LogP contribution is -1.99. The van der Waals surface area contributed by atoms with Crippen molar-refractivity contribution in [2.75, 3.05) is 0 Å². The number of imidazole rings is 1. The molecule has 1 N–H and O–H groups in total. The molecule has 0 radical (unpaired) electrons. The first-order valence-electron chi connectivity index (χ1n) is 6.44. The Bertz CT molecular complexity index is 756. The van der Waals surface area contributed by atoms with Crippen LogP contribution in [0.2, 0.25) is 0 Å². The summed E-state index contributed by atoms with van der Waals surface area (Å²) in [4.78, 5) is 15.9. The van der Waals surface area contributed by atoms with Gasteiger partial charge in [0.05, 0.1) is 17.8 Å². The van der Waals surface area contributed by atoms with Crippen LogP contribution in [0.4, 0.5) is 0 Å². The zero-order chi connectivity index (χ0) is 14.1. The highest BCUT2D eigenvalue weighted by Crippen LogP contribution is 2.26. The number of carboxylic acids is 1. The van der Waals surface area contributed by atoms with Crippen LogP contribution in [0.1, 0.15) is 18.2 Å². The van der Waals surface area contributed by atoms with Crippen LogP contribution in [0.25, 0.3) is 16.2 Å². The van der Waals surface area contributed by atoms with Gasteiger partial charge in [0.15, 0.2) is 4.96 Å². The van der Waals surface area contributed by atoms with Crippen LogP contribution in [-0.2, 0) is 17.6 Å². The highest BCUT2D eigenvalue weighted by Gasteiger charge is 2.11. The van der Waals surface area contributed by atoms with Crippen molar-refractivity contribution < 1.29 is 9.90 Å². The number of aliphatic carboxylic acids is 1. The normalized spacial score (nSPS) is 11.1. The van der Waals surface area contributed by atoms with Crippen molar-refractivity contribution in [1.29, 1.82) is 0 Å². The monoisotopic (exact) mass is 286 g/mol. The summed E-state index contributed by atoms with van der Waals surface area (Å²) in [6, 6.07) is 8.43. The van der Waals surface area contributed by atoms with Gasteiger partial charge >= 0.3 is 5.97 Å². The van der Waals surface area contributed by atoms with Gasteiger partial charge in [-0.15, -0.1) is 11.3 Å². The quantitative estimate of drug-likeness (QED) is 0.801. The second kappa shape index (κ2) is 5.09. The molecule has 1 aromatic carbocycles. The molecule has 0 aliphatic heterocycles. The number of aryl methyl sites for hydroxylation is 1. The van der Waals surface area contributed by atoms with Gasteiger partial charge in [0.2, 0.25) is 0 Å². The number of hydrogen-bond acceptors (Lipinski definition) is 3. The maximum Gasteiger partial charge on any atom is 0.309 e. The minimum absolute atomic E-state index is 0.0391. The van der Waals surface area contributed by atoms with E-state index in [-0.39, 0.29) is 6.42 Å². The van der Waals surface area contributed by atoms with Gasteiger partial charge in [0.1, 0.15) is 0 Å². The van der Waals surface area contributed by atoms with E-state index in [0.717, 1.165) is 22.6 Å². The molecule has 3 aromatic rings. The largest absolute Gasteiger partial charge is 0.481 e. The van der Waals surface area contributed by atoms with Crippen molar-refractivity contribution in [3.63, 3.8) is 0 Å². The minimum Gasteiger partial charge on any atom is -0.481 e. The third-order valence-electron chi connectivity index (χ3n) is 3.25. The molecule has 0 amide bonds. The standard InChI is InChI=1S/C15H14N2O2S/c1-2-10-3-5-11(6-4-10)13-9-20-15-16-12(7-14(18)19)8-17(13)15/h3-6,8-9H,2,7H2,1H3,(H,18,19). The lowest BCUT2D eigenvalue weighted by Gasteiger charge is -2.01. The molecule has 0 aliphatic carbocycles. The summed E-state index contributed by atoms with van der Waals surface area (Å²) in [5.74, 6) is -0.857. The molecule has 20 heavy (non-hydrogen) atoms. The number of rotatable bonds is 4. The van der Waals surface area contributed by atoms with E-state index in [0.29, 0.717) is 5.69 Å². The second-order valence-corrected chi connectivity index (χ2v) is 5.46. The van der Waals surface area contributed by atoms with Crippen molar-refractivity contribution in [1.82, 2.24) is 9.38 Å². The Kier molecular flexibility index (Phi) is 3.28. The number of fused-ring (bicyclic) bond motifs is 1. The molecule has 0 spiro atoms. The van der Waals surface area contributed by atoms with Gasteiger partial charge in [-0.25, -0.2) is 4.98 Å². The smallest absolute Gasteiger partial charge is 0.309 e. The maximum atomic E-state index is 10.7. The summed E-state index contributed by atoms with van der Waals surface area (Å²) < 4.78 is 1.96. The van der Waals surface area contributed by atoms with Crippen LogP contribution >= 0.6 is 11.3 Å². The molecule has 5 heteroatoms. The number of aromatic nitrogens is 2. The maximum absolute atomic E-state index is 10.7. The molecule has 0 saturated heterocycles. The molecule has 0 aliphatic rings. The molecular formula is C15H14N2O2S. The Morgan fingerprint density at radius 2 is 2.10 bits per heavy atom. The Morgan fingerprint density at radius 1 is 1.35 bits per heavy atom. The van der Waals surface area contributed by atoms with Gasteiger partial charge in [-0.2, -0.15) is 0 Å². The van der Waals surface area contributed by atoms with Crippen LogP contribution in [0.15, 0.2) is 35.8 Å². The number of carboxylic acid groups (broad SMARTS) is 1. The van der Waals surface area contributed by atoms with Gasteiger partial charge in [-0.05, 0) is 17.5 Å². The molecule has 0 bridgehead atoms. The highest BCUT2D eigenvalue weighted by atomic mass is 32.1. The molecule has 0 unspecified atom stereocenters. The predicted molar refractivity (Wildman–Crippen MR) is 79.2 cm³/mol. The average Bonchev–Trinajstić information content (AvgIpc) is 2.98. The minimum atomic E-state index is -0.857. The fraction of sp³-hybridized carbons (Fsp3) is 0.200. The molecular weight excluding hydrogens is 272 g/mol. The van der Waals surface area contributed by atoms with Crippen molar-refractivity contribution in [3.05, 3.63) is 47.1 Å². The molecule has 0 atom stereocenters. The summed E-state index contributed by atoms with van der Waals surface area (Å²) in [5, 5.41) is 10.9. The van der Waals surface area contributed by atoms with Crippen LogP contribution in [0, 0.1) is 0 Å². The average molecular weight is 286 g/mol. The van der Waals surface area contributed by atoms with Crippen molar-refractivity contribution >= 4 is 22.3 Å². The first-order valence-corrected chi connectivity index (χ1v) is 7.32. The number of thiazole rings is 1.